The molecule has 72 valence electrons. The first-order valence-electron chi connectivity index (χ1n) is 4.31. The fourth-order valence-corrected chi connectivity index (χ4v) is 1.42. The second-order valence-electron chi connectivity index (χ2n) is 3.06. The Morgan fingerprint density at radius 3 is 2.77 bits per heavy atom. The zero-order valence-electron chi connectivity index (χ0n) is 7.63. The van der Waals surface area contributed by atoms with E-state index in [0.29, 0.717) is 0 Å². The molecular weight excluding hydrogens is 230 g/mol. The lowest BCUT2D eigenvalue weighted by Crippen LogP contribution is -2.28. The zero-order valence-corrected chi connectivity index (χ0v) is 9.21. The minimum absolute atomic E-state index is 0.145. The van der Waals surface area contributed by atoms with Gasteiger partial charge in [0.2, 0.25) is 0 Å². The van der Waals surface area contributed by atoms with Crippen molar-refractivity contribution in [3.63, 3.8) is 0 Å². The van der Waals surface area contributed by atoms with Crippen LogP contribution in [-0.4, -0.2) is 17.8 Å². The molecule has 2 N–H and O–H groups in total. The predicted molar refractivity (Wildman–Crippen MR) is 57.5 cm³/mol. The number of aliphatic hydroxyl groups is 1. The molecule has 1 rings (SSSR count). The Hall–Kier alpha value is -0.380. The summed E-state index contributed by atoms with van der Waals surface area (Å²) in [6, 6.07) is 8.21. The zero-order chi connectivity index (χ0) is 9.68. The van der Waals surface area contributed by atoms with Gasteiger partial charge in [0.15, 0.2) is 0 Å². The van der Waals surface area contributed by atoms with Gasteiger partial charge in [-0.05, 0) is 18.6 Å². The van der Waals surface area contributed by atoms with Crippen LogP contribution in [0.2, 0.25) is 0 Å². The molecule has 0 aliphatic heterocycles. The van der Waals surface area contributed by atoms with E-state index in [1.54, 1.807) is 0 Å². The molecule has 0 bridgehead atoms. The maximum Gasteiger partial charge on any atom is 0.0582 e. The van der Waals surface area contributed by atoms with Crippen molar-refractivity contribution in [2.45, 2.75) is 19.5 Å². The first-order valence-corrected chi connectivity index (χ1v) is 5.11. The van der Waals surface area contributed by atoms with Gasteiger partial charge in [0.05, 0.1) is 6.61 Å². The molecule has 0 aromatic heterocycles. The van der Waals surface area contributed by atoms with E-state index < -0.39 is 0 Å². The van der Waals surface area contributed by atoms with E-state index in [0.717, 1.165) is 11.0 Å². The molecule has 13 heavy (non-hydrogen) atoms. The quantitative estimate of drug-likeness (QED) is 0.848. The second-order valence-corrected chi connectivity index (χ2v) is 3.91. The molecule has 0 spiro atoms. The molecule has 3 heteroatoms. The summed E-state index contributed by atoms with van der Waals surface area (Å²) in [5.41, 5.74) is 1.21. The lowest BCUT2D eigenvalue weighted by molar-refractivity contribution is 0.251. The van der Waals surface area contributed by atoms with Crippen LogP contribution in [0.25, 0.3) is 0 Å². The van der Waals surface area contributed by atoms with Crippen LogP contribution in [0.4, 0.5) is 0 Å². The minimum Gasteiger partial charge on any atom is -0.395 e. The summed E-state index contributed by atoms with van der Waals surface area (Å²) >= 11 is 3.47. The maximum absolute atomic E-state index is 8.81. The van der Waals surface area contributed by atoms with Gasteiger partial charge in [-0.2, -0.15) is 0 Å². The summed E-state index contributed by atoms with van der Waals surface area (Å²) < 4.78 is 1.10. The topological polar surface area (TPSA) is 32.3 Å². The summed E-state index contributed by atoms with van der Waals surface area (Å²) in [6.45, 7) is 2.91. The van der Waals surface area contributed by atoms with Crippen LogP contribution in [0.5, 0.6) is 0 Å². The first kappa shape index (κ1) is 10.7. The summed E-state index contributed by atoms with van der Waals surface area (Å²) in [5.74, 6) is 0. The van der Waals surface area contributed by atoms with Gasteiger partial charge in [0, 0.05) is 17.1 Å². The lowest BCUT2D eigenvalue weighted by atomic mass is 10.2. The van der Waals surface area contributed by atoms with E-state index in [4.69, 9.17) is 5.11 Å². The standard InChI is InChI=1S/C10H14BrNO/c1-8(7-13)12-6-9-4-2-3-5-10(9)11/h2-5,8,12-13H,6-7H2,1H3/t8-/m0/s1. The Balaban J connectivity index is 2.50. The number of aliphatic hydroxyl groups excluding tert-OH is 1. The van der Waals surface area contributed by atoms with Crippen LogP contribution < -0.4 is 5.32 Å². The number of halogens is 1. The van der Waals surface area contributed by atoms with E-state index in [-0.39, 0.29) is 12.6 Å². The SMILES string of the molecule is C[C@@H](CO)NCc1ccccc1Br. The number of nitrogens with one attached hydrogen (secondary N) is 1. The van der Waals surface area contributed by atoms with Gasteiger partial charge in [-0.3, -0.25) is 0 Å². The van der Waals surface area contributed by atoms with Crippen LogP contribution in [-0.2, 0) is 6.54 Å². The smallest absolute Gasteiger partial charge is 0.0582 e. The van der Waals surface area contributed by atoms with Crippen LogP contribution in [0, 0.1) is 0 Å². The fraction of sp³-hybridized carbons (Fsp3) is 0.400. The molecule has 0 unspecified atom stereocenters. The van der Waals surface area contributed by atoms with Crippen molar-refractivity contribution in [1.29, 1.82) is 0 Å². The molecule has 0 saturated carbocycles. The van der Waals surface area contributed by atoms with Gasteiger partial charge in [-0.25, -0.2) is 0 Å². The highest BCUT2D eigenvalue weighted by molar-refractivity contribution is 9.10. The first-order chi connectivity index (χ1) is 6.24. The second kappa shape index (κ2) is 5.37. The highest BCUT2D eigenvalue weighted by atomic mass is 79.9. The summed E-state index contributed by atoms with van der Waals surface area (Å²) in [4.78, 5) is 0. The van der Waals surface area contributed by atoms with Crippen LogP contribution >= 0.6 is 15.9 Å². The molecule has 0 fully saturated rings. The Labute approximate surface area is 87.1 Å². The van der Waals surface area contributed by atoms with Gasteiger partial charge in [0.25, 0.3) is 0 Å². The summed E-state index contributed by atoms with van der Waals surface area (Å²) in [5, 5.41) is 12.0. The average molecular weight is 244 g/mol. The Kier molecular flexibility index (Phi) is 4.42. The van der Waals surface area contributed by atoms with E-state index in [2.05, 4.69) is 27.3 Å². The third kappa shape index (κ3) is 3.46. The molecule has 0 amide bonds. The number of rotatable bonds is 4. The predicted octanol–water partition coefficient (Wildman–Crippen LogP) is 1.92. The Morgan fingerprint density at radius 1 is 1.46 bits per heavy atom. The molecule has 0 aliphatic rings. The molecule has 1 atom stereocenters. The molecular formula is C10H14BrNO. The third-order valence-corrected chi connectivity index (χ3v) is 2.65. The molecule has 0 heterocycles. The van der Waals surface area contributed by atoms with Crippen molar-refractivity contribution in [2.24, 2.45) is 0 Å². The fourth-order valence-electron chi connectivity index (χ4n) is 0.990. The van der Waals surface area contributed by atoms with Gasteiger partial charge < -0.3 is 10.4 Å². The van der Waals surface area contributed by atoms with E-state index >= 15 is 0 Å². The number of hydrogen-bond donors (Lipinski definition) is 2. The lowest BCUT2D eigenvalue weighted by Gasteiger charge is -2.11. The Bertz CT molecular complexity index is 265. The maximum atomic E-state index is 8.81. The average Bonchev–Trinajstić information content (AvgIpc) is 2.16. The van der Waals surface area contributed by atoms with Crippen molar-refractivity contribution in [1.82, 2.24) is 5.32 Å². The van der Waals surface area contributed by atoms with Gasteiger partial charge in [-0.1, -0.05) is 34.1 Å². The molecule has 2 nitrogen and oxygen atoms in total. The molecule has 0 radical (unpaired) electrons. The summed E-state index contributed by atoms with van der Waals surface area (Å²) in [6.07, 6.45) is 0. The van der Waals surface area contributed by atoms with E-state index in [1.807, 2.05) is 25.1 Å². The summed E-state index contributed by atoms with van der Waals surface area (Å²) in [7, 11) is 0. The third-order valence-electron chi connectivity index (χ3n) is 1.87. The Morgan fingerprint density at radius 2 is 2.15 bits per heavy atom. The molecule has 1 aromatic rings. The van der Waals surface area contributed by atoms with Crippen LogP contribution in [0.15, 0.2) is 28.7 Å². The molecule has 0 saturated heterocycles. The van der Waals surface area contributed by atoms with Gasteiger partial charge in [0.1, 0.15) is 0 Å². The highest BCUT2D eigenvalue weighted by Gasteiger charge is 2.01. The van der Waals surface area contributed by atoms with Crippen LogP contribution in [0.3, 0.4) is 0 Å². The largest absolute Gasteiger partial charge is 0.395 e. The van der Waals surface area contributed by atoms with Crippen molar-refractivity contribution in [3.05, 3.63) is 34.3 Å². The van der Waals surface area contributed by atoms with Crippen LogP contribution in [0.1, 0.15) is 12.5 Å². The van der Waals surface area contributed by atoms with Crippen molar-refractivity contribution < 1.29 is 5.11 Å². The normalized spacial score (nSPS) is 12.8. The van der Waals surface area contributed by atoms with Gasteiger partial charge in [-0.15, -0.1) is 0 Å². The van der Waals surface area contributed by atoms with Crippen molar-refractivity contribution in [3.8, 4) is 0 Å². The monoisotopic (exact) mass is 243 g/mol. The van der Waals surface area contributed by atoms with E-state index in [1.165, 1.54) is 5.56 Å². The molecule has 1 aromatic carbocycles. The number of hydrogen-bond acceptors (Lipinski definition) is 2. The highest BCUT2D eigenvalue weighted by Crippen LogP contribution is 2.15. The van der Waals surface area contributed by atoms with Crippen molar-refractivity contribution >= 4 is 15.9 Å². The van der Waals surface area contributed by atoms with Gasteiger partial charge >= 0.3 is 0 Å². The minimum atomic E-state index is 0.145. The molecule has 0 aliphatic carbocycles. The van der Waals surface area contributed by atoms with E-state index in [9.17, 15) is 0 Å². The number of benzene rings is 1. The van der Waals surface area contributed by atoms with Crippen molar-refractivity contribution in [2.75, 3.05) is 6.61 Å².